The molecule has 1 heterocycles. The Bertz CT molecular complexity index is 291. The van der Waals surface area contributed by atoms with Crippen LogP contribution in [0, 0.1) is 0 Å². The summed E-state index contributed by atoms with van der Waals surface area (Å²) in [6.07, 6.45) is 4.84. The van der Waals surface area contributed by atoms with Crippen LogP contribution in [0.1, 0.15) is 44.9 Å². The summed E-state index contributed by atoms with van der Waals surface area (Å²) in [6, 6.07) is 0. The summed E-state index contributed by atoms with van der Waals surface area (Å²) in [5.41, 5.74) is 5.73. The third kappa shape index (κ3) is 7.79. The largest absolute Gasteiger partial charge is 0.481 e. The Balaban J connectivity index is 2.07. The van der Waals surface area contributed by atoms with Gasteiger partial charge in [-0.1, -0.05) is 6.42 Å². The molecule has 0 saturated carbocycles. The third-order valence-electron chi connectivity index (χ3n) is 3.36. The number of nitrogens with zero attached hydrogens (tertiary/aromatic N) is 1. The number of aliphatic carboxylic acids is 1. The van der Waals surface area contributed by atoms with Crippen molar-refractivity contribution in [1.29, 1.82) is 0 Å². The minimum atomic E-state index is -0.830. The molecule has 6 nitrogen and oxygen atoms in total. The SMILES string of the molecule is NC(CCCC(=O)O)NC(=O)CCN1CCCCC1. The first-order chi connectivity index (χ1) is 9.08. The zero-order valence-electron chi connectivity index (χ0n) is 11.4. The monoisotopic (exact) mass is 271 g/mol. The highest BCUT2D eigenvalue weighted by molar-refractivity contribution is 5.76. The lowest BCUT2D eigenvalue weighted by Gasteiger charge is -2.26. The number of piperidine rings is 1. The van der Waals surface area contributed by atoms with Crippen molar-refractivity contribution in [2.45, 2.75) is 51.1 Å². The number of rotatable bonds is 8. The van der Waals surface area contributed by atoms with E-state index in [1.165, 1.54) is 19.3 Å². The van der Waals surface area contributed by atoms with E-state index in [-0.39, 0.29) is 12.3 Å². The number of carbonyl (C=O) groups is 2. The number of carboxylic acids is 1. The van der Waals surface area contributed by atoms with Gasteiger partial charge in [-0.05, 0) is 38.8 Å². The molecule has 1 fully saturated rings. The Morgan fingerprint density at radius 1 is 1.21 bits per heavy atom. The summed E-state index contributed by atoms with van der Waals surface area (Å²) in [4.78, 5) is 24.3. The molecule has 0 aromatic carbocycles. The first-order valence-corrected chi connectivity index (χ1v) is 7.07. The van der Waals surface area contributed by atoms with E-state index in [4.69, 9.17) is 10.8 Å². The molecule has 1 atom stereocenters. The molecule has 1 rings (SSSR count). The van der Waals surface area contributed by atoms with Gasteiger partial charge in [-0.25, -0.2) is 0 Å². The van der Waals surface area contributed by atoms with Gasteiger partial charge in [0.15, 0.2) is 0 Å². The fraction of sp³-hybridized carbons (Fsp3) is 0.846. The molecule has 1 saturated heterocycles. The van der Waals surface area contributed by atoms with Crippen molar-refractivity contribution in [2.75, 3.05) is 19.6 Å². The molecule has 0 spiro atoms. The first kappa shape index (κ1) is 15.9. The van der Waals surface area contributed by atoms with Crippen LogP contribution in [0.4, 0.5) is 0 Å². The molecule has 0 radical (unpaired) electrons. The third-order valence-corrected chi connectivity index (χ3v) is 3.36. The van der Waals surface area contributed by atoms with Crippen LogP contribution in [-0.4, -0.2) is 47.7 Å². The van der Waals surface area contributed by atoms with Crippen LogP contribution in [0.25, 0.3) is 0 Å². The number of amides is 1. The molecule has 1 unspecified atom stereocenters. The van der Waals surface area contributed by atoms with Crippen molar-refractivity contribution < 1.29 is 14.7 Å². The second kappa shape index (κ2) is 8.87. The quantitative estimate of drug-likeness (QED) is 0.559. The summed E-state index contributed by atoms with van der Waals surface area (Å²) < 4.78 is 0. The molecule has 1 aliphatic heterocycles. The summed E-state index contributed by atoms with van der Waals surface area (Å²) in [5, 5.41) is 11.2. The maximum atomic E-state index is 11.7. The van der Waals surface area contributed by atoms with Gasteiger partial charge in [-0.2, -0.15) is 0 Å². The molecule has 1 amide bonds. The highest BCUT2D eigenvalue weighted by Gasteiger charge is 2.13. The van der Waals surface area contributed by atoms with E-state index in [1.807, 2.05) is 0 Å². The van der Waals surface area contributed by atoms with Crippen molar-refractivity contribution in [3.05, 3.63) is 0 Å². The Kier molecular flexibility index (Phi) is 7.43. The molecule has 110 valence electrons. The topological polar surface area (TPSA) is 95.7 Å². The van der Waals surface area contributed by atoms with E-state index in [0.29, 0.717) is 19.3 Å². The van der Waals surface area contributed by atoms with E-state index in [0.717, 1.165) is 19.6 Å². The van der Waals surface area contributed by atoms with Crippen LogP contribution in [0.3, 0.4) is 0 Å². The Morgan fingerprint density at radius 2 is 1.89 bits per heavy atom. The maximum Gasteiger partial charge on any atom is 0.303 e. The van der Waals surface area contributed by atoms with Gasteiger partial charge in [0.2, 0.25) is 5.91 Å². The molecule has 0 aliphatic carbocycles. The van der Waals surface area contributed by atoms with Gasteiger partial charge in [-0.15, -0.1) is 0 Å². The lowest BCUT2D eigenvalue weighted by molar-refractivity contribution is -0.137. The van der Waals surface area contributed by atoms with Gasteiger partial charge in [-0.3, -0.25) is 9.59 Å². The Morgan fingerprint density at radius 3 is 2.53 bits per heavy atom. The molecule has 4 N–H and O–H groups in total. The predicted molar refractivity (Wildman–Crippen MR) is 72.5 cm³/mol. The molecule has 0 aromatic rings. The van der Waals surface area contributed by atoms with Crippen LogP contribution < -0.4 is 11.1 Å². The second-order valence-corrected chi connectivity index (χ2v) is 5.11. The highest BCUT2D eigenvalue weighted by atomic mass is 16.4. The molecular formula is C13H25N3O3. The van der Waals surface area contributed by atoms with Gasteiger partial charge < -0.3 is 21.1 Å². The van der Waals surface area contributed by atoms with Crippen LogP contribution in [0.2, 0.25) is 0 Å². The fourth-order valence-corrected chi connectivity index (χ4v) is 2.27. The number of likely N-dealkylation sites (tertiary alicyclic amines) is 1. The second-order valence-electron chi connectivity index (χ2n) is 5.11. The number of carbonyl (C=O) groups excluding carboxylic acids is 1. The average molecular weight is 271 g/mol. The summed E-state index contributed by atoms with van der Waals surface area (Å²) in [6.45, 7) is 2.95. The van der Waals surface area contributed by atoms with Gasteiger partial charge >= 0.3 is 5.97 Å². The average Bonchev–Trinajstić information content (AvgIpc) is 2.37. The standard InChI is InChI=1S/C13H25N3O3/c14-11(5-4-6-13(18)19)15-12(17)7-10-16-8-2-1-3-9-16/h11H,1-10,14H2,(H,15,17)(H,18,19). The van der Waals surface area contributed by atoms with Gasteiger partial charge in [0.05, 0.1) is 6.17 Å². The first-order valence-electron chi connectivity index (χ1n) is 7.07. The summed E-state index contributed by atoms with van der Waals surface area (Å²) in [5.74, 6) is -0.878. The number of nitrogens with one attached hydrogen (secondary N) is 1. The summed E-state index contributed by atoms with van der Waals surface area (Å²) >= 11 is 0. The van der Waals surface area contributed by atoms with Gasteiger partial charge in [0, 0.05) is 19.4 Å². The molecule has 19 heavy (non-hydrogen) atoms. The highest BCUT2D eigenvalue weighted by Crippen LogP contribution is 2.08. The lowest BCUT2D eigenvalue weighted by Crippen LogP contribution is -2.43. The van der Waals surface area contributed by atoms with Crippen LogP contribution >= 0.6 is 0 Å². The molecule has 6 heteroatoms. The van der Waals surface area contributed by atoms with Crippen molar-refractivity contribution in [3.8, 4) is 0 Å². The van der Waals surface area contributed by atoms with Gasteiger partial charge in [0.25, 0.3) is 0 Å². The van der Waals surface area contributed by atoms with Gasteiger partial charge in [0.1, 0.15) is 0 Å². The summed E-state index contributed by atoms with van der Waals surface area (Å²) in [7, 11) is 0. The molecule has 0 aromatic heterocycles. The van der Waals surface area contributed by atoms with Crippen molar-refractivity contribution in [3.63, 3.8) is 0 Å². The van der Waals surface area contributed by atoms with Crippen LogP contribution in [0.5, 0.6) is 0 Å². The fourth-order valence-electron chi connectivity index (χ4n) is 2.27. The number of hydrogen-bond donors (Lipinski definition) is 3. The smallest absolute Gasteiger partial charge is 0.303 e. The van der Waals surface area contributed by atoms with E-state index in [2.05, 4.69) is 10.2 Å². The maximum absolute atomic E-state index is 11.7. The van der Waals surface area contributed by atoms with E-state index < -0.39 is 12.1 Å². The molecule has 1 aliphatic rings. The molecular weight excluding hydrogens is 246 g/mol. The lowest BCUT2D eigenvalue weighted by atomic mass is 10.1. The minimum absolute atomic E-state index is 0.0478. The van der Waals surface area contributed by atoms with Crippen molar-refractivity contribution >= 4 is 11.9 Å². The molecule has 0 bridgehead atoms. The zero-order chi connectivity index (χ0) is 14.1. The minimum Gasteiger partial charge on any atom is -0.481 e. The Labute approximate surface area is 114 Å². The number of hydrogen-bond acceptors (Lipinski definition) is 4. The predicted octanol–water partition coefficient (Wildman–Crippen LogP) is 0.518. The number of nitrogens with two attached hydrogens (primary N) is 1. The normalized spacial score (nSPS) is 17.9. The van der Waals surface area contributed by atoms with Crippen LogP contribution in [0.15, 0.2) is 0 Å². The van der Waals surface area contributed by atoms with Crippen LogP contribution in [-0.2, 0) is 9.59 Å². The van der Waals surface area contributed by atoms with E-state index in [9.17, 15) is 9.59 Å². The zero-order valence-corrected chi connectivity index (χ0v) is 11.4. The van der Waals surface area contributed by atoms with E-state index >= 15 is 0 Å². The van der Waals surface area contributed by atoms with Crippen molar-refractivity contribution in [1.82, 2.24) is 10.2 Å². The van der Waals surface area contributed by atoms with E-state index in [1.54, 1.807) is 0 Å². The Hall–Kier alpha value is -1.14. The van der Waals surface area contributed by atoms with Crippen molar-refractivity contribution in [2.24, 2.45) is 5.73 Å². The number of carboxylic acid groups (broad SMARTS) is 1.